The summed E-state index contributed by atoms with van der Waals surface area (Å²) >= 11 is 0. The number of hydrogen-bond acceptors (Lipinski definition) is 2. The Hall–Kier alpha value is -2.03. The topological polar surface area (TPSA) is 48.9 Å². The van der Waals surface area contributed by atoms with Crippen molar-refractivity contribution >= 4 is 21.8 Å². The van der Waals surface area contributed by atoms with E-state index in [0.717, 1.165) is 21.8 Å². The number of nitrogens with zero attached hydrogens (tertiary/aromatic N) is 1. The third-order valence-corrected chi connectivity index (χ3v) is 2.39. The van der Waals surface area contributed by atoms with Gasteiger partial charge in [0.25, 0.3) is 0 Å². The molecular weight excluding hydrogens is 176 g/mol. The average Bonchev–Trinajstić information content (AvgIpc) is 2.67. The summed E-state index contributed by atoms with van der Waals surface area (Å²) in [5.74, 6) is 0.269. The van der Waals surface area contributed by atoms with Gasteiger partial charge in [0.1, 0.15) is 5.75 Å². The number of phenols is 1. The predicted molar refractivity (Wildman–Crippen MR) is 55.3 cm³/mol. The van der Waals surface area contributed by atoms with Gasteiger partial charge in [-0.05, 0) is 18.2 Å². The first kappa shape index (κ1) is 7.38. The van der Waals surface area contributed by atoms with Gasteiger partial charge in [-0.1, -0.05) is 6.07 Å². The van der Waals surface area contributed by atoms with E-state index >= 15 is 0 Å². The quantitative estimate of drug-likeness (QED) is 0.563. The summed E-state index contributed by atoms with van der Waals surface area (Å²) in [6, 6.07) is 7.44. The molecule has 3 aromatic rings. The lowest BCUT2D eigenvalue weighted by atomic mass is 10.1. The average molecular weight is 184 g/mol. The zero-order valence-electron chi connectivity index (χ0n) is 7.36. The number of nitrogens with one attached hydrogen (secondary N) is 1. The van der Waals surface area contributed by atoms with Crippen LogP contribution in [-0.2, 0) is 0 Å². The Morgan fingerprint density at radius 2 is 2.21 bits per heavy atom. The smallest absolute Gasteiger partial charge is 0.140 e. The van der Waals surface area contributed by atoms with Gasteiger partial charge in [0.05, 0.1) is 11.0 Å². The molecule has 1 aromatic carbocycles. The lowest BCUT2D eigenvalue weighted by Gasteiger charge is -2.00. The van der Waals surface area contributed by atoms with Crippen LogP contribution in [0.2, 0.25) is 0 Å². The van der Waals surface area contributed by atoms with Crippen molar-refractivity contribution in [2.24, 2.45) is 0 Å². The molecule has 2 aromatic heterocycles. The lowest BCUT2D eigenvalue weighted by molar-refractivity contribution is 0.481. The fourth-order valence-electron chi connectivity index (χ4n) is 1.76. The van der Waals surface area contributed by atoms with Gasteiger partial charge >= 0.3 is 0 Å². The molecule has 0 atom stereocenters. The van der Waals surface area contributed by atoms with E-state index in [9.17, 15) is 5.11 Å². The van der Waals surface area contributed by atoms with Gasteiger partial charge in [0.15, 0.2) is 0 Å². The standard InChI is InChI=1S/C11H8N2O/c14-9-6-7-2-1-4-12-10(7)8-3-5-13-11(8)9/h1-6,13-14H. The van der Waals surface area contributed by atoms with E-state index in [-0.39, 0.29) is 5.75 Å². The molecule has 0 unspecified atom stereocenters. The minimum Gasteiger partial charge on any atom is -0.506 e. The van der Waals surface area contributed by atoms with Crippen LogP contribution in [0.5, 0.6) is 5.75 Å². The number of rotatable bonds is 0. The Morgan fingerprint density at radius 1 is 1.29 bits per heavy atom. The van der Waals surface area contributed by atoms with E-state index in [1.54, 1.807) is 18.5 Å². The molecule has 0 radical (unpaired) electrons. The number of H-pyrrole nitrogens is 1. The molecule has 0 amide bonds. The maximum atomic E-state index is 9.70. The Labute approximate surface area is 80.0 Å². The van der Waals surface area contributed by atoms with Gasteiger partial charge < -0.3 is 10.1 Å². The van der Waals surface area contributed by atoms with Crippen LogP contribution in [-0.4, -0.2) is 15.1 Å². The Morgan fingerprint density at radius 3 is 3.14 bits per heavy atom. The van der Waals surface area contributed by atoms with E-state index in [2.05, 4.69) is 9.97 Å². The van der Waals surface area contributed by atoms with Gasteiger partial charge in [-0.15, -0.1) is 0 Å². The lowest BCUT2D eigenvalue weighted by Crippen LogP contribution is -1.79. The van der Waals surface area contributed by atoms with Gasteiger partial charge in [0.2, 0.25) is 0 Å². The third-order valence-electron chi connectivity index (χ3n) is 2.39. The van der Waals surface area contributed by atoms with Gasteiger partial charge in [-0.3, -0.25) is 4.98 Å². The summed E-state index contributed by atoms with van der Waals surface area (Å²) in [5, 5.41) is 11.6. The number of fused-ring (bicyclic) bond motifs is 3. The minimum absolute atomic E-state index is 0.269. The number of aromatic nitrogens is 2. The van der Waals surface area contributed by atoms with Crippen LogP contribution in [0, 0.1) is 0 Å². The van der Waals surface area contributed by atoms with Crippen molar-refractivity contribution in [3.05, 3.63) is 36.7 Å². The summed E-state index contributed by atoms with van der Waals surface area (Å²) in [6.45, 7) is 0. The number of pyridine rings is 1. The summed E-state index contributed by atoms with van der Waals surface area (Å²) in [4.78, 5) is 7.28. The molecule has 0 aliphatic heterocycles. The van der Waals surface area contributed by atoms with Crippen molar-refractivity contribution in [1.82, 2.24) is 9.97 Å². The van der Waals surface area contributed by atoms with Crippen LogP contribution in [0.15, 0.2) is 36.7 Å². The highest BCUT2D eigenvalue weighted by molar-refractivity contribution is 6.06. The van der Waals surface area contributed by atoms with Crippen LogP contribution >= 0.6 is 0 Å². The molecule has 2 N–H and O–H groups in total. The van der Waals surface area contributed by atoms with Crippen molar-refractivity contribution in [2.45, 2.75) is 0 Å². The second kappa shape index (κ2) is 2.48. The van der Waals surface area contributed by atoms with Crippen LogP contribution in [0.4, 0.5) is 0 Å². The highest BCUT2D eigenvalue weighted by Gasteiger charge is 2.06. The largest absolute Gasteiger partial charge is 0.506 e. The number of hydrogen-bond donors (Lipinski definition) is 2. The molecule has 0 fully saturated rings. The van der Waals surface area contributed by atoms with Gasteiger partial charge in [0, 0.05) is 23.2 Å². The molecule has 2 heterocycles. The molecule has 3 nitrogen and oxygen atoms in total. The van der Waals surface area contributed by atoms with Crippen molar-refractivity contribution in [3.8, 4) is 5.75 Å². The maximum absolute atomic E-state index is 9.70. The SMILES string of the molecule is Oc1cc2cccnc2c2cc[nH]c12. The fourth-order valence-corrected chi connectivity index (χ4v) is 1.76. The van der Waals surface area contributed by atoms with Crippen LogP contribution in [0.1, 0.15) is 0 Å². The van der Waals surface area contributed by atoms with Gasteiger partial charge in [-0.25, -0.2) is 0 Å². The van der Waals surface area contributed by atoms with E-state index in [1.807, 2.05) is 18.2 Å². The van der Waals surface area contributed by atoms with Crippen LogP contribution in [0.25, 0.3) is 21.8 Å². The summed E-state index contributed by atoms with van der Waals surface area (Å²) in [6.07, 6.45) is 3.56. The van der Waals surface area contributed by atoms with Crippen molar-refractivity contribution in [1.29, 1.82) is 0 Å². The van der Waals surface area contributed by atoms with Crippen LogP contribution in [0.3, 0.4) is 0 Å². The Bertz CT molecular complexity index is 613. The number of aromatic hydroxyl groups is 1. The van der Waals surface area contributed by atoms with Crippen molar-refractivity contribution < 1.29 is 5.11 Å². The zero-order chi connectivity index (χ0) is 9.54. The molecule has 3 rings (SSSR count). The van der Waals surface area contributed by atoms with Crippen molar-refractivity contribution in [2.75, 3.05) is 0 Å². The molecular formula is C11H8N2O. The van der Waals surface area contributed by atoms with E-state index < -0.39 is 0 Å². The summed E-state index contributed by atoms with van der Waals surface area (Å²) < 4.78 is 0. The highest BCUT2D eigenvalue weighted by atomic mass is 16.3. The Kier molecular flexibility index (Phi) is 1.31. The molecule has 3 heteroatoms. The minimum atomic E-state index is 0.269. The number of phenolic OH excluding ortho intramolecular Hbond substituents is 1. The molecule has 0 aliphatic carbocycles. The van der Waals surface area contributed by atoms with Crippen LogP contribution < -0.4 is 0 Å². The monoisotopic (exact) mass is 184 g/mol. The molecule has 0 saturated heterocycles. The first-order chi connectivity index (χ1) is 6.86. The second-order valence-corrected chi connectivity index (χ2v) is 3.24. The first-order valence-electron chi connectivity index (χ1n) is 4.40. The van der Waals surface area contributed by atoms with E-state index in [1.165, 1.54) is 0 Å². The Balaban J connectivity index is 2.66. The van der Waals surface area contributed by atoms with Crippen molar-refractivity contribution in [3.63, 3.8) is 0 Å². The third kappa shape index (κ3) is 0.836. The zero-order valence-corrected chi connectivity index (χ0v) is 7.36. The molecule has 68 valence electrons. The highest BCUT2D eigenvalue weighted by Crippen LogP contribution is 2.29. The predicted octanol–water partition coefficient (Wildman–Crippen LogP) is 2.42. The maximum Gasteiger partial charge on any atom is 0.140 e. The molecule has 0 spiro atoms. The molecule has 0 saturated carbocycles. The summed E-state index contributed by atoms with van der Waals surface area (Å²) in [7, 11) is 0. The second-order valence-electron chi connectivity index (χ2n) is 3.24. The molecule has 14 heavy (non-hydrogen) atoms. The molecule has 0 aliphatic rings. The van der Waals surface area contributed by atoms with E-state index in [4.69, 9.17) is 0 Å². The summed E-state index contributed by atoms with van der Waals surface area (Å²) in [5.41, 5.74) is 1.66. The molecule has 0 bridgehead atoms. The normalized spacial score (nSPS) is 11.1. The number of aromatic amines is 1. The van der Waals surface area contributed by atoms with E-state index in [0.29, 0.717) is 0 Å². The first-order valence-corrected chi connectivity index (χ1v) is 4.40. The van der Waals surface area contributed by atoms with Gasteiger partial charge in [-0.2, -0.15) is 0 Å². The number of benzene rings is 1. The fraction of sp³-hybridized carbons (Fsp3) is 0.